The molecule has 6 heteroatoms. The van der Waals surface area contributed by atoms with Crippen molar-refractivity contribution in [3.8, 4) is 5.75 Å². The molecule has 112 valence electrons. The molecule has 1 aliphatic heterocycles. The Hall–Kier alpha value is -2.37. The molecule has 0 amide bonds. The maximum absolute atomic E-state index is 12.2. The Morgan fingerprint density at radius 2 is 1.86 bits per heavy atom. The number of methoxy groups -OCH3 is 2. The van der Waals surface area contributed by atoms with Gasteiger partial charge in [0.15, 0.2) is 0 Å². The lowest BCUT2D eigenvalue weighted by atomic mass is 9.87. The number of carbonyl (C=O) groups excluding carboxylic acids is 2. The second-order valence-electron chi connectivity index (χ2n) is 4.95. The van der Waals surface area contributed by atoms with Gasteiger partial charge in [-0.15, -0.1) is 0 Å². The van der Waals surface area contributed by atoms with E-state index in [0.717, 1.165) is 0 Å². The Labute approximate surface area is 122 Å². The molecule has 2 rings (SSSR count). The largest absolute Gasteiger partial charge is 0.497 e. The third-order valence-corrected chi connectivity index (χ3v) is 3.45. The van der Waals surface area contributed by atoms with Crippen molar-refractivity contribution < 1.29 is 23.8 Å². The summed E-state index contributed by atoms with van der Waals surface area (Å²) < 4.78 is 15.0. The highest BCUT2D eigenvalue weighted by Gasteiger charge is 2.56. The maximum Gasteiger partial charge on any atom is 0.352 e. The quantitative estimate of drug-likeness (QED) is 0.622. The Bertz CT molecular complexity index is 591. The van der Waals surface area contributed by atoms with Crippen molar-refractivity contribution in [3.63, 3.8) is 0 Å². The Balaban J connectivity index is 2.44. The summed E-state index contributed by atoms with van der Waals surface area (Å²) in [7, 11) is 2.78. The summed E-state index contributed by atoms with van der Waals surface area (Å²) in [6, 6.07) is 6.86. The molecule has 0 spiro atoms. The van der Waals surface area contributed by atoms with Gasteiger partial charge >= 0.3 is 11.9 Å². The highest BCUT2D eigenvalue weighted by atomic mass is 16.6. The monoisotopic (exact) mass is 291 g/mol. The van der Waals surface area contributed by atoms with Crippen LogP contribution in [0.25, 0.3) is 0 Å². The van der Waals surface area contributed by atoms with Crippen LogP contribution < -0.4 is 4.74 Å². The van der Waals surface area contributed by atoms with Gasteiger partial charge in [0, 0.05) is 11.5 Å². The molecule has 0 saturated carbocycles. The van der Waals surface area contributed by atoms with Gasteiger partial charge < -0.3 is 14.2 Å². The van der Waals surface area contributed by atoms with Crippen molar-refractivity contribution in [1.82, 2.24) is 0 Å². The van der Waals surface area contributed by atoms with Crippen molar-refractivity contribution in [2.45, 2.75) is 19.4 Å². The normalized spacial score (nSPS) is 21.0. The van der Waals surface area contributed by atoms with Crippen molar-refractivity contribution >= 4 is 17.8 Å². The summed E-state index contributed by atoms with van der Waals surface area (Å²) in [4.78, 5) is 28.4. The fourth-order valence-electron chi connectivity index (χ4n) is 2.14. The fraction of sp³-hybridized carbons (Fsp3) is 0.400. The summed E-state index contributed by atoms with van der Waals surface area (Å²) in [5, 5.41) is 0. The van der Waals surface area contributed by atoms with Gasteiger partial charge in [-0.25, -0.2) is 14.6 Å². The van der Waals surface area contributed by atoms with Crippen LogP contribution in [-0.4, -0.2) is 37.6 Å². The molecule has 1 aromatic rings. The van der Waals surface area contributed by atoms with Gasteiger partial charge in [-0.3, -0.25) is 0 Å². The van der Waals surface area contributed by atoms with Gasteiger partial charge in [-0.1, -0.05) is 13.8 Å². The Kier molecular flexibility index (Phi) is 3.97. The molecule has 0 bridgehead atoms. The van der Waals surface area contributed by atoms with Gasteiger partial charge in [-0.05, 0) is 24.3 Å². The van der Waals surface area contributed by atoms with Gasteiger partial charge in [0.05, 0.1) is 14.2 Å². The minimum absolute atomic E-state index is 0.113. The molecule has 1 aromatic carbocycles. The lowest BCUT2D eigenvalue weighted by molar-refractivity contribution is -0.158. The number of rotatable bonds is 4. The summed E-state index contributed by atoms with van der Waals surface area (Å²) in [6.45, 7) is 3.44. The minimum Gasteiger partial charge on any atom is -0.497 e. The Morgan fingerprint density at radius 3 is 2.33 bits per heavy atom. The van der Waals surface area contributed by atoms with Gasteiger partial charge in [0.1, 0.15) is 5.75 Å². The highest BCUT2D eigenvalue weighted by Crippen LogP contribution is 2.32. The molecule has 0 aliphatic carbocycles. The summed E-state index contributed by atoms with van der Waals surface area (Å²) in [5.74, 6) is -1.03. The van der Waals surface area contributed by atoms with E-state index in [2.05, 4.69) is 4.99 Å². The van der Waals surface area contributed by atoms with Crippen LogP contribution >= 0.6 is 0 Å². The molecule has 0 N–H and O–H groups in total. The second-order valence-corrected chi connectivity index (χ2v) is 4.95. The highest BCUT2D eigenvalue weighted by molar-refractivity contribution is 6.17. The summed E-state index contributed by atoms with van der Waals surface area (Å²) in [5.41, 5.74) is -1.04. The molecule has 0 unspecified atom stereocenters. The van der Waals surface area contributed by atoms with E-state index in [0.29, 0.717) is 11.3 Å². The predicted octanol–water partition coefficient (Wildman–Crippen LogP) is 1.57. The number of ether oxygens (including phenoxy) is 3. The van der Waals surface area contributed by atoms with Crippen LogP contribution in [0.5, 0.6) is 5.75 Å². The third kappa shape index (κ3) is 2.37. The van der Waals surface area contributed by atoms with E-state index in [1.165, 1.54) is 7.11 Å². The summed E-state index contributed by atoms with van der Waals surface area (Å²) in [6.07, 6.45) is 0. The molecule has 1 atom stereocenters. The number of benzene rings is 1. The lowest BCUT2D eigenvalue weighted by Crippen LogP contribution is -2.48. The zero-order chi connectivity index (χ0) is 15.6. The molecule has 1 heterocycles. The molecular formula is C15H17NO5. The predicted molar refractivity (Wildman–Crippen MR) is 75.2 cm³/mol. The van der Waals surface area contributed by atoms with E-state index >= 15 is 0 Å². The smallest absolute Gasteiger partial charge is 0.352 e. The van der Waals surface area contributed by atoms with E-state index in [9.17, 15) is 9.59 Å². The lowest BCUT2D eigenvalue weighted by Gasteiger charge is -2.22. The van der Waals surface area contributed by atoms with Crippen LogP contribution in [0.15, 0.2) is 29.3 Å². The number of esters is 2. The molecule has 1 aliphatic rings. The number of aliphatic imine (C=N–C) groups is 1. The van der Waals surface area contributed by atoms with Crippen molar-refractivity contribution in [3.05, 3.63) is 29.8 Å². The first kappa shape index (κ1) is 15.0. The first-order chi connectivity index (χ1) is 9.95. The van der Waals surface area contributed by atoms with Crippen LogP contribution in [0.1, 0.15) is 19.4 Å². The number of carbonyl (C=O) groups is 2. The fourth-order valence-corrected chi connectivity index (χ4v) is 2.14. The third-order valence-electron chi connectivity index (χ3n) is 3.45. The van der Waals surface area contributed by atoms with Crippen LogP contribution in [-0.2, 0) is 19.1 Å². The van der Waals surface area contributed by atoms with E-state index in [1.54, 1.807) is 45.2 Å². The Morgan fingerprint density at radius 1 is 1.24 bits per heavy atom. The first-order valence-electron chi connectivity index (χ1n) is 6.50. The van der Waals surface area contributed by atoms with Crippen molar-refractivity contribution in [1.29, 1.82) is 0 Å². The zero-order valence-corrected chi connectivity index (χ0v) is 12.4. The first-order valence-corrected chi connectivity index (χ1v) is 6.50. The van der Waals surface area contributed by atoms with Gasteiger partial charge in [-0.2, -0.15) is 0 Å². The second kappa shape index (κ2) is 5.55. The van der Waals surface area contributed by atoms with E-state index in [-0.39, 0.29) is 11.8 Å². The number of nitrogens with zero attached hydrogens (tertiary/aromatic N) is 1. The molecule has 0 saturated heterocycles. The molecule has 0 radical (unpaired) electrons. The molecule has 0 aromatic heterocycles. The molecule has 21 heavy (non-hydrogen) atoms. The number of hydrogen-bond acceptors (Lipinski definition) is 6. The van der Waals surface area contributed by atoms with E-state index < -0.39 is 17.5 Å². The van der Waals surface area contributed by atoms with Crippen molar-refractivity contribution in [2.75, 3.05) is 14.2 Å². The zero-order valence-electron chi connectivity index (χ0n) is 12.4. The van der Waals surface area contributed by atoms with Gasteiger partial charge in [0.2, 0.25) is 5.90 Å². The molecular weight excluding hydrogens is 274 g/mol. The van der Waals surface area contributed by atoms with Gasteiger partial charge in [0.25, 0.3) is 5.54 Å². The minimum atomic E-state index is -1.63. The van der Waals surface area contributed by atoms with Crippen LogP contribution in [0, 0.1) is 5.92 Å². The van der Waals surface area contributed by atoms with E-state index in [1.807, 2.05) is 0 Å². The van der Waals surface area contributed by atoms with Crippen LogP contribution in [0.4, 0.5) is 0 Å². The summed E-state index contributed by atoms with van der Waals surface area (Å²) >= 11 is 0. The number of cyclic esters (lactones) is 1. The van der Waals surface area contributed by atoms with Crippen molar-refractivity contribution in [2.24, 2.45) is 10.9 Å². The topological polar surface area (TPSA) is 74.2 Å². The average Bonchev–Trinajstić information content (AvgIpc) is 2.85. The average molecular weight is 291 g/mol. The standard InChI is InChI=1S/C15H17NO5/c1-9(2)15(13(17)20-4)14(18)21-12(16-15)10-5-7-11(19-3)8-6-10/h5-9H,1-4H3/t15-/m0/s1. The molecule has 6 nitrogen and oxygen atoms in total. The molecule has 0 fully saturated rings. The van der Waals surface area contributed by atoms with Crippen LogP contribution in [0.3, 0.4) is 0 Å². The van der Waals surface area contributed by atoms with E-state index in [4.69, 9.17) is 14.2 Å². The number of hydrogen-bond donors (Lipinski definition) is 0. The van der Waals surface area contributed by atoms with Crippen LogP contribution in [0.2, 0.25) is 0 Å². The SMILES string of the molecule is COC(=O)[C@]1(C(C)C)N=C(c2ccc(OC)cc2)OC1=O. The maximum atomic E-state index is 12.2.